The first-order valence-electron chi connectivity index (χ1n) is 8.28. The van der Waals surface area contributed by atoms with E-state index in [1.165, 1.54) is 0 Å². The van der Waals surface area contributed by atoms with Crippen molar-refractivity contribution in [1.82, 2.24) is 14.5 Å². The van der Waals surface area contributed by atoms with Crippen molar-refractivity contribution in [3.8, 4) is 5.69 Å². The van der Waals surface area contributed by atoms with Gasteiger partial charge >= 0.3 is 0 Å². The number of sulfonamides is 1. The molecule has 0 radical (unpaired) electrons. The largest absolute Gasteiger partial charge is 0.238 e. The van der Waals surface area contributed by atoms with Crippen LogP contribution >= 0.6 is 0 Å². The van der Waals surface area contributed by atoms with Crippen LogP contribution in [0.15, 0.2) is 30.3 Å². The van der Waals surface area contributed by atoms with E-state index in [9.17, 15) is 16.8 Å². The Bertz CT molecular complexity index is 962. The summed E-state index contributed by atoms with van der Waals surface area (Å²) in [5.41, 5.74) is 3.68. The van der Waals surface area contributed by atoms with Crippen molar-refractivity contribution in [2.75, 3.05) is 17.8 Å². The minimum absolute atomic E-state index is 0.0811. The first-order chi connectivity index (χ1) is 12.0. The summed E-state index contributed by atoms with van der Waals surface area (Å²) in [6, 6.07) is 9.08. The van der Waals surface area contributed by atoms with Gasteiger partial charge in [-0.1, -0.05) is 12.1 Å². The highest BCUT2D eigenvalue weighted by atomic mass is 32.2. The summed E-state index contributed by atoms with van der Waals surface area (Å²) < 4.78 is 50.9. The monoisotopic (exact) mass is 399 g/mol. The highest BCUT2D eigenvalue weighted by molar-refractivity contribution is 7.91. The second kappa shape index (κ2) is 7.89. The van der Waals surface area contributed by atoms with Gasteiger partial charge in [-0.05, 0) is 51.0 Å². The second-order valence-electron chi connectivity index (χ2n) is 6.57. The zero-order valence-corrected chi connectivity index (χ0v) is 17.1. The average Bonchev–Trinajstić information content (AvgIpc) is 2.84. The van der Waals surface area contributed by atoms with Gasteiger partial charge in [0.15, 0.2) is 0 Å². The highest BCUT2D eigenvalue weighted by Crippen LogP contribution is 2.18. The van der Waals surface area contributed by atoms with Crippen LogP contribution in [-0.2, 0) is 19.9 Å². The molecule has 144 valence electrons. The second-order valence-corrected chi connectivity index (χ2v) is 10.7. The van der Waals surface area contributed by atoms with Crippen LogP contribution in [0.5, 0.6) is 0 Å². The summed E-state index contributed by atoms with van der Waals surface area (Å²) in [5, 5.41) is 4.42. The van der Waals surface area contributed by atoms with Crippen molar-refractivity contribution in [2.45, 2.75) is 33.2 Å². The number of sulfone groups is 1. The van der Waals surface area contributed by atoms with Gasteiger partial charge in [0.2, 0.25) is 10.0 Å². The highest BCUT2D eigenvalue weighted by Gasteiger charge is 2.17. The smallest absolute Gasteiger partial charge is 0.212 e. The first-order valence-corrected chi connectivity index (χ1v) is 12.0. The van der Waals surface area contributed by atoms with Crippen molar-refractivity contribution in [1.29, 1.82) is 0 Å². The van der Waals surface area contributed by atoms with E-state index >= 15 is 0 Å². The molecule has 7 nitrogen and oxygen atoms in total. The maximum Gasteiger partial charge on any atom is 0.212 e. The van der Waals surface area contributed by atoms with Crippen LogP contribution < -0.4 is 4.72 Å². The van der Waals surface area contributed by atoms with Gasteiger partial charge in [0.25, 0.3) is 0 Å². The zero-order chi connectivity index (χ0) is 19.5. The fourth-order valence-electron chi connectivity index (χ4n) is 2.70. The van der Waals surface area contributed by atoms with Crippen molar-refractivity contribution in [2.24, 2.45) is 0 Å². The molecule has 0 saturated carbocycles. The van der Waals surface area contributed by atoms with Crippen molar-refractivity contribution in [3.63, 3.8) is 0 Å². The van der Waals surface area contributed by atoms with Gasteiger partial charge in [0.1, 0.15) is 9.84 Å². The number of nitrogens with one attached hydrogen (secondary N) is 1. The number of rotatable bonds is 8. The van der Waals surface area contributed by atoms with E-state index in [-0.39, 0.29) is 17.9 Å². The molecule has 0 unspecified atom stereocenters. The molecule has 1 N–H and O–H groups in total. The molecular weight excluding hydrogens is 374 g/mol. The van der Waals surface area contributed by atoms with Crippen LogP contribution in [0.3, 0.4) is 0 Å². The van der Waals surface area contributed by atoms with Crippen molar-refractivity contribution < 1.29 is 16.8 Å². The molecular formula is C17H25N3O4S2. The number of aromatic nitrogens is 2. The SMILES string of the molecule is Cc1cc(C)n(-c2ccc([C@H](C)NS(=O)(=O)CCCS(C)(=O)=O)cc2)n1. The van der Waals surface area contributed by atoms with Gasteiger partial charge in [-0.2, -0.15) is 5.10 Å². The molecule has 26 heavy (non-hydrogen) atoms. The molecule has 2 aromatic rings. The van der Waals surface area contributed by atoms with E-state index in [0.717, 1.165) is 28.9 Å². The Morgan fingerprint density at radius 3 is 2.19 bits per heavy atom. The zero-order valence-electron chi connectivity index (χ0n) is 15.4. The molecule has 1 heterocycles. The number of benzene rings is 1. The third-order valence-corrected chi connectivity index (χ3v) is 6.50. The van der Waals surface area contributed by atoms with Crippen molar-refractivity contribution >= 4 is 19.9 Å². The molecule has 0 aliphatic heterocycles. The Morgan fingerprint density at radius 2 is 1.69 bits per heavy atom. The standard InChI is InChI=1S/C17H25N3O4S2/c1-13-12-14(2)20(18-13)17-8-6-16(7-9-17)15(3)19-26(23,24)11-5-10-25(4,21)22/h6-9,12,15,19H,5,10-11H2,1-4H3/t15-/m0/s1. The predicted molar refractivity (Wildman–Crippen MR) is 103 cm³/mol. The first kappa shape index (κ1) is 20.6. The summed E-state index contributed by atoms with van der Waals surface area (Å²) >= 11 is 0. The number of hydrogen-bond donors (Lipinski definition) is 1. The van der Waals surface area contributed by atoms with Gasteiger partial charge in [-0.3, -0.25) is 0 Å². The molecule has 0 aliphatic carbocycles. The van der Waals surface area contributed by atoms with E-state index in [4.69, 9.17) is 0 Å². The molecule has 0 fully saturated rings. The maximum absolute atomic E-state index is 12.1. The minimum atomic E-state index is -3.55. The van der Waals surface area contributed by atoms with Crippen LogP contribution in [0.25, 0.3) is 5.69 Å². The average molecular weight is 400 g/mol. The molecule has 1 atom stereocenters. The number of aryl methyl sites for hydroxylation is 2. The molecule has 9 heteroatoms. The summed E-state index contributed by atoms with van der Waals surface area (Å²) in [7, 11) is -6.71. The fourth-order valence-corrected chi connectivity index (χ4v) is 4.87. The van der Waals surface area contributed by atoms with Gasteiger partial charge < -0.3 is 0 Å². The van der Waals surface area contributed by atoms with Gasteiger partial charge in [0.05, 0.1) is 22.9 Å². The summed E-state index contributed by atoms with van der Waals surface area (Å²) in [5.74, 6) is -0.353. The third kappa shape index (κ3) is 5.93. The molecule has 0 saturated heterocycles. The van der Waals surface area contributed by atoms with Gasteiger partial charge in [0, 0.05) is 18.0 Å². The Kier molecular flexibility index (Phi) is 6.25. The molecule has 2 rings (SSSR count). The molecule has 1 aromatic carbocycles. The quantitative estimate of drug-likeness (QED) is 0.731. The Morgan fingerprint density at radius 1 is 1.08 bits per heavy atom. The van der Waals surface area contributed by atoms with Crippen molar-refractivity contribution in [3.05, 3.63) is 47.3 Å². The molecule has 0 spiro atoms. The lowest BCUT2D eigenvalue weighted by Gasteiger charge is -2.15. The van der Waals surface area contributed by atoms with Gasteiger partial charge in [-0.15, -0.1) is 0 Å². The van der Waals surface area contributed by atoms with Crippen LogP contribution in [0.2, 0.25) is 0 Å². The van der Waals surface area contributed by atoms with E-state index in [2.05, 4.69) is 9.82 Å². The lowest BCUT2D eigenvalue weighted by Crippen LogP contribution is -2.29. The lowest BCUT2D eigenvalue weighted by atomic mass is 10.1. The number of nitrogens with zero attached hydrogens (tertiary/aromatic N) is 2. The molecule has 0 amide bonds. The minimum Gasteiger partial charge on any atom is -0.238 e. The van der Waals surface area contributed by atoms with Crippen LogP contribution in [-0.4, -0.2) is 44.4 Å². The summed E-state index contributed by atoms with van der Waals surface area (Å²) in [6.45, 7) is 5.66. The predicted octanol–water partition coefficient (Wildman–Crippen LogP) is 1.90. The van der Waals surface area contributed by atoms with Crippen LogP contribution in [0, 0.1) is 13.8 Å². The molecule has 1 aromatic heterocycles. The van der Waals surface area contributed by atoms with E-state index < -0.39 is 25.9 Å². The van der Waals surface area contributed by atoms with E-state index in [0.29, 0.717) is 0 Å². The Balaban J connectivity index is 2.03. The van der Waals surface area contributed by atoms with Gasteiger partial charge in [-0.25, -0.2) is 26.2 Å². The fraction of sp³-hybridized carbons (Fsp3) is 0.471. The van der Waals surface area contributed by atoms with E-state index in [1.807, 2.05) is 48.9 Å². The van der Waals surface area contributed by atoms with Crippen LogP contribution in [0.4, 0.5) is 0 Å². The normalized spacial score (nSPS) is 13.7. The molecule has 0 aliphatic rings. The molecule has 0 bridgehead atoms. The lowest BCUT2D eigenvalue weighted by molar-refractivity contribution is 0.565. The summed E-state index contributed by atoms with van der Waals surface area (Å²) in [4.78, 5) is 0. The summed E-state index contributed by atoms with van der Waals surface area (Å²) in [6.07, 6.45) is 1.18. The Labute approximate surface area is 155 Å². The number of hydrogen-bond acceptors (Lipinski definition) is 5. The topological polar surface area (TPSA) is 98.1 Å². The third-order valence-electron chi connectivity index (χ3n) is 3.93. The van der Waals surface area contributed by atoms with E-state index in [1.54, 1.807) is 6.92 Å². The van der Waals surface area contributed by atoms with Crippen LogP contribution in [0.1, 0.15) is 36.3 Å². The maximum atomic E-state index is 12.1. The Hall–Kier alpha value is -1.71.